The first kappa shape index (κ1) is 11.2. The van der Waals surface area contributed by atoms with Crippen LogP contribution < -0.4 is 5.32 Å². The molecule has 0 saturated carbocycles. The van der Waals surface area contributed by atoms with Gasteiger partial charge >= 0.3 is 5.97 Å². The van der Waals surface area contributed by atoms with E-state index < -0.39 is 5.97 Å². The molecule has 1 aromatic heterocycles. The number of anilines is 1. The lowest BCUT2D eigenvalue weighted by Crippen LogP contribution is -1.98. The highest BCUT2D eigenvalue weighted by molar-refractivity contribution is 5.84. The van der Waals surface area contributed by atoms with Gasteiger partial charge in [0.2, 0.25) is 5.76 Å². The molecule has 2 aromatic rings. The Balaban J connectivity index is 2.00. The molecule has 0 saturated heterocycles. The molecule has 4 nitrogen and oxygen atoms in total. The fraction of sp³-hybridized carbons (Fsp3) is 0.0833. The Kier molecular flexibility index (Phi) is 3.09. The molecule has 0 aliphatic heterocycles. The highest BCUT2D eigenvalue weighted by Crippen LogP contribution is 2.14. The lowest BCUT2D eigenvalue weighted by molar-refractivity contribution is 0.0663. The Hall–Kier alpha value is -2.30. The molecule has 2 N–H and O–H groups in total. The molecule has 0 fully saturated rings. The summed E-state index contributed by atoms with van der Waals surface area (Å²) in [5.74, 6) is -1.22. The molecule has 88 valence electrons. The Morgan fingerprint density at radius 1 is 1.35 bits per heavy atom. The van der Waals surface area contributed by atoms with Gasteiger partial charge in [0.1, 0.15) is 5.82 Å². The summed E-state index contributed by atoms with van der Waals surface area (Å²) in [6, 6.07) is 9.00. The minimum absolute atomic E-state index is 0.133. The van der Waals surface area contributed by atoms with E-state index in [1.165, 1.54) is 24.3 Å². The minimum Gasteiger partial charge on any atom is -0.475 e. The largest absolute Gasteiger partial charge is 0.475 e. The number of rotatable bonds is 4. The smallest absolute Gasteiger partial charge is 0.371 e. The van der Waals surface area contributed by atoms with Gasteiger partial charge in [-0.15, -0.1) is 0 Å². The Labute approximate surface area is 96.7 Å². The zero-order valence-electron chi connectivity index (χ0n) is 8.81. The van der Waals surface area contributed by atoms with E-state index in [9.17, 15) is 9.18 Å². The first-order valence-corrected chi connectivity index (χ1v) is 4.96. The second-order valence-corrected chi connectivity index (χ2v) is 3.45. The van der Waals surface area contributed by atoms with Gasteiger partial charge in [0.25, 0.3) is 0 Å². The van der Waals surface area contributed by atoms with Crippen molar-refractivity contribution in [2.75, 3.05) is 5.32 Å². The second kappa shape index (κ2) is 4.69. The van der Waals surface area contributed by atoms with Gasteiger partial charge in [0.15, 0.2) is 5.88 Å². The molecule has 0 spiro atoms. The third-order valence-corrected chi connectivity index (χ3v) is 2.17. The molecule has 5 heteroatoms. The zero-order chi connectivity index (χ0) is 12.3. The van der Waals surface area contributed by atoms with Crippen LogP contribution in [0.2, 0.25) is 0 Å². The molecule has 0 aliphatic carbocycles. The van der Waals surface area contributed by atoms with E-state index in [1.54, 1.807) is 12.1 Å². The fourth-order valence-corrected chi connectivity index (χ4v) is 1.38. The van der Waals surface area contributed by atoms with Crippen LogP contribution >= 0.6 is 0 Å². The second-order valence-electron chi connectivity index (χ2n) is 3.45. The number of benzene rings is 1. The van der Waals surface area contributed by atoms with Crippen LogP contribution in [0.25, 0.3) is 0 Å². The maximum Gasteiger partial charge on any atom is 0.371 e. The number of halogens is 1. The predicted molar refractivity (Wildman–Crippen MR) is 59.4 cm³/mol. The quantitative estimate of drug-likeness (QED) is 0.855. The summed E-state index contributed by atoms with van der Waals surface area (Å²) >= 11 is 0. The van der Waals surface area contributed by atoms with Crippen LogP contribution in [0.1, 0.15) is 16.1 Å². The van der Waals surface area contributed by atoms with E-state index in [2.05, 4.69) is 5.32 Å². The van der Waals surface area contributed by atoms with Crippen LogP contribution in [-0.2, 0) is 6.54 Å². The van der Waals surface area contributed by atoms with Gasteiger partial charge < -0.3 is 14.8 Å². The van der Waals surface area contributed by atoms with E-state index in [0.29, 0.717) is 12.4 Å². The summed E-state index contributed by atoms with van der Waals surface area (Å²) < 4.78 is 17.9. The van der Waals surface area contributed by atoms with Gasteiger partial charge in [-0.3, -0.25) is 0 Å². The number of carbonyl (C=O) groups is 1. The topological polar surface area (TPSA) is 62.5 Å². The van der Waals surface area contributed by atoms with Crippen molar-refractivity contribution in [1.29, 1.82) is 0 Å². The van der Waals surface area contributed by atoms with Gasteiger partial charge in [-0.2, -0.15) is 0 Å². The minimum atomic E-state index is -1.12. The lowest BCUT2D eigenvalue weighted by Gasteiger charge is -2.02. The molecule has 1 aromatic carbocycles. The summed E-state index contributed by atoms with van der Waals surface area (Å²) in [4.78, 5) is 10.6. The molecule has 2 rings (SSSR count). The lowest BCUT2D eigenvalue weighted by atomic mass is 10.2. The number of hydrogen-bond acceptors (Lipinski definition) is 3. The average Bonchev–Trinajstić information content (AvgIpc) is 2.75. The Morgan fingerprint density at radius 2 is 2.18 bits per heavy atom. The van der Waals surface area contributed by atoms with Gasteiger partial charge in [-0.1, -0.05) is 12.1 Å². The van der Waals surface area contributed by atoms with Crippen molar-refractivity contribution in [2.24, 2.45) is 0 Å². The summed E-state index contributed by atoms with van der Waals surface area (Å²) in [6.45, 7) is 0.365. The molecule has 0 bridgehead atoms. The molecule has 0 atom stereocenters. The predicted octanol–water partition coefficient (Wildman–Crippen LogP) is 2.73. The van der Waals surface area contributed by atoms with Gasteiger partial charge in [0.05, 0.1) is 0 Å². The molecule has 0 aliphatic rings. The maximum absolute atomic E-state index is 12.9. The normalized spacial score (nSPS) is 10.2. The summed E-state index contributed by atoms with van der Waals surface area (Å²) in [5, 5.41) is 11.5. The van der Waals surface area contributed by atoms with E-state index in [4.69, 9.17) is 9.52 Å². The van der Waals surface area contributed by atoms with Gasteiger partial charge in [-0.05, 0) is 23.8 Å². The van der Waals surface area contributed by atoms with E-state index in [1.807, 2.05) is 0 Å². The molecule has 0 radical (unpaired) electrons. The third kappa shape index (κ3) is 2.84. The SMILES string of the molecule is O=C(O)c1ccc(NCc2cccc(F)c2)o1. The van der Waals surface area contributed by atoms with E-state index in [-0.39, 0.29) is 11.6 Å². The molecule has 1 heterocycles. The van der Waals surface area contributed by atoms with Crippen molar-refractivity contribution in [3.05, 3.63) is 53.5 Å². The van der Waals surface area contributed by atoms with Crippen molar-refractivity contribution >= 4 is 11.9 Å². The summed E-state index contributed by atoms with van der Waals surface area (Å²) in [5.41, 5.74) is 0.748. The number of carboxylic acids is 1. The highest BCUT2D eigenvalue weighted by Gasteiger charge is 2.08. The van der Waals surface area contributed by atoms with Crippen LogP contribution in [0, 0.1) is 5.82 Å². The van der Waals surface area contributed by atoms with Gasteiger partial charge in [0, 0.05) is 12.6 Å². The van der Waals surface area contributed by atoms with E-state index in [0.717, 1.165) is 5.56 Å². The number of furan rings is 1. The summed E-state index contributed by atoms with van der Waals surface area (Å²) in [6.07, 6.45) is 0. The molecular formula is C12H10FNO3. The standard InChI is InChI=1S/C12H10FNO3/c13-9-3-1-2-8(6-9)7-14-11-5-4-10(17-11)12(15)16/h1-6,14H,7H2,(H,15,16). The Bertz CT molecular complexity index is 536. The first-order valence-electron chi connectivity index (χ1n) is 4.96. The van der Waals surface area contributed by atoms with Crippen molar-refractivity contribution in [3.63, 3.8) is 0 Å². The molecule has 0 amide bonds. The van der Waals surface area contributed by atoms with E-state index >= 15 is 0 Å². The summed E-state index contributed by atoms with van der Waals surface area (Å²) in [7, 11) is 0. The van der Waals surface area contributed by atoms with Crippen LogP contribution in [0.15, 0.2) is 40.8 Å². The third-order valence-electron chi connectivity index (χ3n) is 2.17. The monoisotopic (exact) mass is 235 g/mol. The van der Waals surface area contributed by atoms with Crippen LogP contribution in [-0.4, -0.2) is 11.1 Å². The van der Waals surface area contributed by atoms with Crippen LogP contribution in [0.4, 0.5) is 10.3 Å². The molecular weight excluding hydrogens is 225 g/mol. The number of carboxylic acid groups (broad SMARTS) is 1. The average molecular weight is 235 g/mol. The number of aromatic carboxylic acids is 1. The van der Waals surface area contributed by atoms with Crippen molar-refractivity contribution in [2.45, 2.75) is 6.54 Å². The fourth-order valence-electron chi connectivity index (χ4n) is 1.38. The number of nitrogens with one attached hydrogen (secondary N) is 1. The first-order chi connectivity index (χ1) is 8.15. The van der Waals surface area contributed by atoms with Gasteiger partial charge in [-0.25, -0.2) is 9.18 Å². The van der Waals surface area contributed by atoms with Crippen molar-refractivity contribution < 1.29 is 18.7 Å². The zero-order valence-corrected chi connectivity index (χ0v) is 8.81. The van der Waals surface area contributed by atoms with Crippen molar-refractivity contribution in [1.82, 2.24) is 0 Å². The Morgan fingerprint density at radius 3 is 2.82 bits per heavy atom. The molecule has 17 heavy (non-hydrogen) atoms. The highest BCUT2D eigenvalue weighted by atomic mass is 19.1. The van der Waals surface area contributed by atoms with Crippen LogP contribution in [0.3, 0.4) is 0 Å². The van der Waals surface area contributed by atoms with Crippen molar-refractivity contribution in [3.8, 4) is 0 Å². The maximum atomic E-state index is 12.9. The number of hydrogen-bond donors (Lipinski definition) is 2. The van der Waals surface area contributed by atoms with Crippen LogP contribution in [0.5, 0.6) is 0 Å². The molecule has 0 unspecified atom stereocenters.